The Morgan fingerprint density at radius 1 is 0.844 bits per heavy atom. The molecule has 0 heterocycles. The van der Waals surface area contributed by atoms with Crippen molar-refractivity contribution in [2.24, 2.45) is 17.6 Å². The van der Waals surface area contributed by atoms with E-state index in [0.717, 1.165) is 0 Å². The van der Waals surface area contributed by atoms with Gasteiger partial charge in [-0.25, -0.2) is 4.79 Å². The molecule has 0 bridgehead atoms. The second-order valence-corrected chi connectivity index (χ2v) is 8.33. The normalized spacial score (nSPS) is 16.8. The van der Waals surface area contributed by atoms with Crippen LogP contribution < -0.4 is 21.7 Å². The average Bonchev–Trinajstić information content (AvgIpc) is 2.68. The number of carboxylic acid groups (broad SMARTS) is 2. The van der Waals surface area contributed by atoms with Crippen LogP contribution in [0.2, 0.25) is 0 Å². The lowest BCUT2D eigenvalue weighted by atomic mass is 9.96. The number of carbonyl (C=O) groups excluding carboxylic acids is 3. The predicted molar refractivity (Wildman–Crippen MR) is 114 cm³/mol. The van der Waals surface area contributed by atoms with Gasteiger partial charge >= 0.3 is 11.9 Å². The van der Waals surface area contributed by atoms with Crippen molar-refractivity contribution in [1.82, 2.24) is 16.0 Å². The Hall–Kier alpha value is -2.73. The lowest BCUT2D eigenvalue weighted by Gasteiger charge is -2.28. The number of carbonyl (C=O) groups is 5. The fourth-order valence-corrected chi connectivity index (χ4v) is 2.78. The number of nitrogens with two attached hydrogens (primary N) is 1. The van der Waals surface area contributed by atoms with Gasteiger partial charge in [-0.2, -0.15) is 0 Å². The van der Waals surface area contributed by atoms with Gasteiger partial charge in [0, 0.05) is 0 Å². The summed E-state index contributed by atoms with van der Waals surface area (Å²) in [6.07, 6.45) is -1.40. The quantitative estimate of drug-likeness (QED) is 0.166. The van der Waals surface area contributed by atoms with Gasteiger partial charge in [-0.15, -0.1) is 0 Å². The Bertz CT molecular complexity index is 683. The summed E-state index contributed by atoms with van der Waals surface area (Å²) in [6, 6.07) is -5.28. The number of amides is 3. The molecule has 6 atom stereocenters. The van der Waals surface area contributed by atoms with Crippen molar-refractivity contribution in [3.05, 3.63) is 0 Å². The molecule has 3 amide bonds. The van der Waals surface area contributed by atoms with Crippen molar-refractivity contribution in [2.45, 2.75) is 84.2 Å². The van der Waals surface area contributed by atoms with Gasteiger partial charge in [-0.1, -0.05) is 34.1 Å². The maximum absolute atomic E-state index is 12.8. The van der Waals surface area contributed by atoms with Crippen molar-refractivity contribution >= 4 is 29.7 Å². The summed E-state index contributed by atoms with van der Waals surface area (Å²) in [5, 5.41) is 34.9. The van der Waals surface area contributed by atoms with E-state index in [9.17, 15) is 34.2 Å². The number of aliphatic carboxylic acids is 2. The van der Waals surface area contributed by atoms with Crippen molar-refractivity contribution in [3.8, 4) is 0 Å². The lowest BCUT2D eigenvalue weighted by molar-refractivity contribution is -0.144. The first kappa shape index (κ1) is 29.3. The molecule has 184 valence electrons. The summed E-state index contributed by atoms with van der Waals surface area (Å²) < 4.78 is 0. The maximum atomic E-state index is 12.8. The second kappa shape index (κ2) is 13.6. The van der Waals surface area contributed by atoms with Gasteiger partial charge in [0.25, 0.3) is 0 Å². The highest BCUT2D eigenvalue weighted by Crippen LogP contribution is 2.11. The Morgan fingerprint density at radius 3 is 1.78 bits per heavy atom. The van der Waals surface area contributed by atoms with E-state index in [0.29, 0.717) is 6.42 Å². The topological polar surface area (TPSA) is 208 Å². The van der Waals surface area contributed by atoms with E-state index in [-0.39, 0.29) is 12.3 Å². The van der Waals surface area contributed by atoms with Crippen molar-refractivity contribution in [3.63, 3.8) is 0 Å². The largest absolute Gasteiger partial charge is 0.481 e. The number of hydrogen-bond donors (Lipinski definition) is 7. The first-order valence-electron chi connectivity index (χ1n) is 10.5. The van der Waals surface area contributed by atoms with Gasteiger partial charge in [-0.3, -0.25) is 19.2 Å². The first-order chi connectivity index (χ1) is 14.7. The number of nitrogens with one attached hydrogen (secondary N) is 3. The molecule has 0 aliphatic rings. The zero-order valence-corrected chi connectivity index (χ0v) is 19.1. The van der Waals surface area contributed by atoms with Crippen LogP contribution in [-0.4, -0.2) is 75.3 Å². The van der Waals surface area contributed by atoms with Gasteiger partial charge in [-0.05, 0) is 25.2 Å². The van der Waals surface area contributed by atoms with E-state index in [2.05, 4.69) is 16.0 Å². The molecule has 8 N–H and O–H groups in total. The van der Waals surface area contributed by atoms with Crippen LogP contribution in [0.1, 0.15) is 53.9 Å². The van der Waals surface area contributed by atoms with E-state index in [1.807, 2.05) is 0 Å². The summed E-state index contributed by atoms with van der Waals surface area (Å²) in [4.78, 5) is 60.3. The van der Waals surface area contributed by atoms with Crippen LogP contribution in [0.25, 0.3) is 0 Å². The maximum Gasteiger partial charge on any atom is 0.326 e. The number of hydrogen-bond acceptors (Lipinski definition) is 7. The Labute approximate surface area is 187 Å². The predicted octanol–water partition coefficient (Wildman–Crippen LogP) is -1.20. The molecular formula is C20H36N4O8. The highest BCUT2D eigenvalue weighted by Gasteiger charge is 2.34. The number of aliphatic hydroxyl groups is 1. The Kier molecular flexibility index (Phi) is 12.5. The molecule has 0 aromatic rings. The summed E-state index contributed by atoms with van der Waals surface area (Å²) in [7, 11) is 0. The summed E-state index contributed by atoms with van der Waals surface area (Å²) in [5.74, 6) is -5.66. The molecule has 0 spiro atoms. The standard InChI is InChI=1S/C20H36N4O8/c1-6-10(4)16(19(30)23-13(20(31)32)7-9(2)3)24-17(28)12(8-14(26)27)22-18(29)15(21)11(5)25/h9-13,15-16,25H,6-8,21H2,1-5H3,(H,22,29)(H,23,30)(H,24,28)(H,26,27)(H,31,32). The molecule has 0 aromatic carbocycles. The molecule has 0 aliphatic carbocycles. The van der Waals surface area contributed by atoms with Crippen molar-refractivity contribution in [1.29, 1.82) is 0 Å². The van der Waals surface area contributed by atoms with Crippen LogP contribution in [0.15, 0.2) is 0 Å². The van der Waals surface area contributed by atoms with Gasteiger partial charge < -0.3 is 37.0 Å². The SMILES string of the molecule is CCC(C)C(NC(=O)C(CC(=O)O)NC(=O)C(N)C(C)O)C(=O)NC(CC(C)C)C(=O)O. The number of aliphatic hydroxyl groups excluding tert-OH is 1. The van der Waals surface area contributed by atoms with Gasteiger partial charge in [0.1, 0.15) is 24.2 Å². The van der Waals surface area contributed by atoms with Crippen LogP contribution in [0.4, 0.5) is 0 Å². The minimum atomic E-state index is -1.56. The lowest BCUT2D eigenvalue weighted by Crippen LogP contribution is -2.59. The van der Waals surface area contributed by atoms with Crippen molar-refractivity contribution < 1.29 is 39.3 Å². The third-order valence-electron chi connectivity index (χ3n) is 4.95. The smallest absolute Gasteiger partial charge is 0.326 e. The van der Waals surface area contributed by atoms with E-state index in [1.165, 1.54) is 6.92 Å². The van der Waals surface area contributed by atoms with E-state index in [4.69, 9.17) is 10.8 Å². The van der Waals surface area contributed by atoms with E-state index < -0.39 is 72.3 Å². The molecule has 0 saturated heterocycles. The van der Waals surface area contributed by atoms with Crippen LogP contribution in [-0.2, 0) is 24.0 Å². The fourth-order valence-electron chi connectivity index (χ4n) is 2.78. The molecule has 0 rings (SSSR count). The van der Waals surface area contributed by atoms with Crippen molar-refractivity contribution in [2.75, 3.05) is 0 Å². The van der Waals surface area contributed by atoms with Gasteiger partial charge in [0.2, 0.25) is 17.7 Å². The Balaban J connectivity index is 5.59. The van der Waals surface area contributed by atoms with Crippen LogP contribution >= 0.6 is 0 Å². The molecule has 12 heteroatoms. The average molecular weight is 461 g/mol. The molecule has 0 aromatic heterocycles. The zero-order chi connectivity index (χ0) is 25.2. The number of carboxylic acids is 2. The van der Waals surface area contributed by atoms with E-state index >= 15 is 0 Å². The number of rotatable bonds is 14. The minimum absolute atomic E-state index is 0.0127. The zero-order valence-electron chi connectivity index (χ0n) is 19.1. The fraction of sp³-hybridized carbons (Fsp3) is 0.750. The first-order valence-corrected chi connectivity index (χ1v) is 10.5. The summed E-state index contributed by atoms with van der Waals surface area (Å²) in [5.41, 5.74) is 5.52. The van der Waals surface area contributed by atoms with Crippen LogP contribution in [0, 0.1) is 11.8 Å². The molecule has 0 saturated carbocycles. The third-order valence-corrected chi connectivity index (χ3v) is 4.95. The highest BCUT2D eigenvalue weighted by atomic mass is 16.4. The van der Waals surface area contributed by atoms with Crippen LogP contribution in [0.3, 0.4) is 0 Å². The second-order valence-electron chi connectivity index (χ2n) is 8.33. The summed E-state index contributed by atoms with van der Waals surface area (Å²) in [6.45, 7) is 8.28. The molecule has 0 radical (unpaired) electrons. The molecule has 12 nitrogen and oxygen atoms in total. The molecule has 0 aliphatic heterocycles. The van der Waals surface area contributed by atoms with Crippen LogP contribution in [0.5, 0.6) is 0 Å². The summed E-state index contributed by atoms with van der Waals surface area (Å²) >= 11 is 0. The van der Waals surface area contributed by atoms with Gasteiger partial charge in [0.05, 0.1) is 12.5 Å². The minimum Gasteiger partial charge on any atom is -0.481 e. The molecule has 6 unspecified atom stereocenters. The molecule has 0 fully saturated rings. The van der Waals surface area contributed by atoms with Gasteiger partial charge in [0.15, 0.2) is 0 Å². The molecular weight excluding hydrogens is 424 g/mol. The monoisotopic (exact) mass is 460 g/mol. The van der Waals surface area contributed by atoms with E-state index in [1.54, 1.807) is 27.7 Å². The Morgan fingerprint density at radius 2 is 1.38 bits per heavy atom. The highest BCUT2D eigenvalue weighted by molar-refractivity contribution is 5.95. The molecule has 32 heavy (non-hydrogen) atoms. The third kappa shape index (κ3) is 10.1.